The summed E-state index contributed by atoms with van der Waals surface area (Å²) in [4.78, 5) is 23.1. The van der Waals surface area contributed by atoms with Gasteiger partial charge in [0, 0.05) is 13.6 Å². The minimum Gasteiger partial charge on any atom is -0.481 e. The zero-order chi connectivity index (χ0) is 13.6. The van der Waals surface area contributed by atoms with Crippen molar-refractivity contribution in [3.05, 3.63) is 12.7 Å². The van der Waals surface area contributed by atoms with Crippen LogP contribution in [0.5, 0.6) is 0 Å². The summed E-state index contributed by atoms with van der Waals surface area (Å²) in [6.07, 6.45) is 1.01. The second-order valence-electron chi connectivity index (χ2n) is 3.66. The molecular weight excluding hydrogens is 246 g/mol. The Bertz CT molecular complexity index is 401. The van der Waals surface area contributed by atoms with Crippen LogP contribution in [0.1, 0.15) is 13.3 Å². The molecule has 1 N–H and O–H groups in total. The van der Waals surface area contributed by atoms with E-state index in [1.165, 1.54) is 20.0 Å². The normalized spacial score (nSPS) is 12.8. The van der Waals surface area contributed by atoms with Gasteiger partial charge in [-0.2, -0.15) is 0 Å². The highest BCUT2D eigenvalue weighted by Gasteiger charge is 2.29. The van der Waals surface area contributed by atoms with Crippen molar-refractivity contribution >= 4 is 21.7 Å². The molecule has 0 aromatic rings. The van der Waals surface area contributed by atoms with E-state index in [0.29, 0.717) is 0 Å². The van der Waals surface area contributed by atoms with Crippen LogP contribution in [0.4, 0.5) is 0 Å². The molecule has 1 unspecified atom stereocenters. The highest BCUT2D eigenvalue weighted by Crippen LogP contribution is 2.06. The van der Waals surface area contributed by atoms with Crippen LogP contribution < -0.4 is 0 Å². The first-order valence-corrected chi connectivity index (χ1v) is 6.73. The Hall–Kier alpha value is -1.37. The summed E-state index contributed by atoms with van der Waals surface area (Å²) in [5.41, 5.74) is 0. The van der Waals surface area contributed by atoms with Crippen molar-refractivity contribution in [3.63, 3.8) is 0 Å². The van der Waals surface area contributed by atoms with E-state index >= 15 is 0 Å². The fourth-order valence-electron chi connectivity index (χ4n) is 1.15. The first-order valence-electron chi connectivity index (χ1n) is 5.01. The topological polar surface area (TPSA) is 91.8 Å². The predicted molar refractivity (Wildman–Crippen MR) is 63.3 cm³/mol. The average molecular weight is 263 g/mol. The van der Waals surface area contributed by atoms with E-state index in [1.807, 2.05) is 0 Å². The summed E-state index contributed by atoms with van der Waals surface area (Å²) in [6.45, 7) is 4.59. The zero-order valence-corrected chi connectivity index (χ0v) is 10.7. The maximum absolute atomic E-state index is 11.7. The molecule has 0 aliphatic carbocycles. The van der Waals surface area contributed by atoms with Crippen molar-refractivity contribution < 1.29 is 23.1 Å². The van der Waals surface area contributed by atoms with E-state index in [-0.39, 0.29) is 18.7 Å². The van der Waals surface area contributed by atoms with Crippen molar-refractivity contribution in [2.75, 3.05) is 19.3 Å². The maximum Gasteiger partial charge on any atom is 0.305 e. The number of hydrogen-bond donors (Lipinski definition) is 1. The van der Waals surface area contributed by atoms with Crippen LogP contribution in [-0.2, 0) is 19.4 Å². The highest BCUT2D eigenvalue weighted by molar-refractivity contribution is 7.92. The minimum absolute atomic E-state index is 0.0118. The second-order valence-corrected chi connectivity index (χ2v) is 6.03. The number of carbonyl (C=O) groups is 2. The molecule has 0 rings (SSSR count). The first kappa shape index (κ1) is 15.6. The summed E-state index contributed by atoms with van der Waals surface area (Å²) in [6, 6.07) is 0. The van der Waals surface area contributed by atoms with Crippen molar-refractivity contribution in [1.29, 1.82) is 0 Å². The van der Waals surface area contributed by atoms with Gasteiger partial charge in [0.15, 0.2) is 9.84 Å². The van der Waals surface area contributed by atoms with Gasteiger partial charge < -0.3 is 10.0 Å². The molecule has 0 radical (unpaired) electrons. The van der Waals surface area contributed by atoms with Gasteiger partial charge in [-0.1, -0.05) is 6.08 Å². The second kappa shape index (κ2) is 6.39. The fourth-order valence-corrected chi connectivity index (χ4v) is 2.25. The largest absolute Gasteiger partial charge is 0.481 e. The van der Waals surface area contributed by atoms with Crippen molar-refractivity contribution in [1.82, 2.24) is 4.90 Å². The lowest BCUT2D eigenvalue weighted by Crippen LogP contribution is -2.40. The molecule has 98 valence electrons. The number of hydrogen-bond acceptors (Lipinski definition) is 4. The summed E-state index contributed by atoms with van der Waals surface area (Å²) < 4.78 is 23.2. The number of amides is 1. The Morgan fingerprint density at radius 3 is 2.41 bits per heavy atom. The summed E-state index contributed by atoms with van der Waals surface area (Å²) in [7, 11) is -2.17. The van der Waals surface area contributed by atoms with Crippen LogP contribution in [0.25, 0.3) is 0 Å². The van der Waals surface area contributed by atoms with E-state index in [1.54, 1.807) is 0 Å². The number of sulfone groups is 1. The molecule has 0 aliphatic heterocycles. The number of nitrogens with zero attached hydrogens (tertiary/aromatic N) is 1. The van der Waals surface area contributed by atoms with E-state index in [2.05, 4.69) is 6.58 Å². The van der Waals surface area contributed by atoms with Gasteiger partial charge in [0.05, 0.1) is 12.2 Å². The third-order valence-corrected chi connectivity index (χ3v) is 4.25. The molecule has 0 spiro atoms. The Kier molecular flexibility index (Phi) is 5.87. The third kappa shape index (κ3) is 4.99. The quantitative estimate of drug-likeness (QED) is 0.648. The van der Waals surface area contributed by atoms with Gasteiger partial charge in [-0.3, -0.25) is 9.59 Å². The standard InChI is InChI=1S/C10H17NO5S/c1-4-7-17(15,16)8(2)10(14)11(3)6-5-9(12)13/h4,8H,1,5-7H2,2-3H3,(H,12,13). The molecule has 1 amide bonds. The first-order chi connectivity index (χ1) is 7.72. The monoisotopic (exact) mass is 263 g/mol. The number of carboxylic acid groups (broad SMARTS) is 1. The van der Waals surface area contributed by atoms with Crippen LogP contribution in [0, 0.1) is 0 Å². The molecule has 6 nitrogen and oxygen atoms in total. The Labute approximate surface area is 101 Å². The molecule has 0 bridgehead atoms. The van der Waals surface area contributed by atoms with Gasteiger partial charge in [-0.05, 0) is 6.92 Å². The Morgan fingerprint density at radius 1 is 1.47 bits per heavy atom. The summed E-state index contributed by atoms with van der Waals surface area (Å²) in [5, 5.41) is 7.28. The molecule has 17 heavy (non-hydrogen) atoms. The lowest BCUT2D eigenvalue weighted by molar-refractivity contribution is -0.138. The number of aliphatic carboxylic acids is 1. The highest BCUT2D eigenvalue weighted by atomic mass is 32.2. The summed E-state index contributed by atoms with van der Waals surface area (Å²) >= 11 is 0. The van der Waals surface area contributed by atoms with Gasteiger partial charge in [-0.15, -0.1) is 6.58 Å². The van der Waals surface area contributed by atoms with Gasteiger partial charge >= 0.3 is 5.97 Å². The lowest BCUT2D eigenvalue weighted by Gasteiger charge is -2.20. The van der Waals surface area contributed by atoms with Crippen molar-refractivity contribution in [2.45, 2.75) is 18.6 Å². The minimum atomic E-state index is -3.55. The van der Waals surface area contributed by atoms with Gasteiger partial charge in [-0.25, -0.2) is 8.42 Å². The number of carbonyl (C=O) groups excluding carboxylic acids is 1. The molecule has 1 atom stereocenters. The molecular formula is C10H17NO5S. The molecule has 0 saturated carbocycles. The molecule has 0 aromatic carbocycles. The van der Waals surface area contributed by atoms with Crippen LogP contribution in [-0.4, -0.2) is 54.9 Å². The predicted octanol–water partition coefficient (Wildman–Crippen LogP) is -0.0912. The lowest BCUT2D eigenvalue weighted by atomic mass is 10.3. The molecule has 0 fully saturated rings. The van der Waals surface area contributed by atoms with E-state index in [9.17, 15) is 18.0 Å². The number of carboxylic acids is 1. The molecule has 0 aliphatic rings. The summed E-state index contributed by atoms with van der Waals surface area (Å²) in [5.74, 6) is -1.91. The fraction of sp³-hybridized carbons (Fsp3) is 0.600. The Morgan fingerprint density at radius 2 is 2.00 bits per heavy atom. The molecule has 0 aromatic heterocycles. The van der Waals surface area contributed by atoms with Crippen LogP contribution in [0.3, 0.4) is 0 Å². The van der Waals surface area contributed by atoms with E-state index < -0.39 is 27.0 Å². The van der Waals surface area contributed by atoms with Crippen molar-refractivity contribution in [3.8, 4) is 0 Å². The molecule has 7 heteroatoms. The SMILES string of the molecule is C=CCS(=O)(=O)C(C)C(=O)N(C)CCC(=O)O. The van der Waals surface area contributed by atoms with Crippen molar-refractivity contribution in [2.24, 2.45) is 0 Å². The van der Waals surface area contributed by atoms with Gasteiger partial charge in [0.1, 0.15) is 5.25 Å². The number of rotatable bonds is 7. The van der Waals surface area contributed by atoms with Gasteiger partial charge in [0.25, 0.3) is 0 Å². The Balaban J connectivity index is 4.59. The zero-order valence-electron chi connectivity index (χ0n) is 9.92. The molecule has 0 saturated heterocycles. The van der Waals surface area contributed by atoms with Gasteiger partial charge in [0.2, 0.25) is 5.91 Å². The van der Waals surface area contributed by atoms with Crippen LogP contribution >= 0.6 is 0 Å². The third-order valence-electron chi connectivity index (χ3n) is 2.27. The van der Waals surface area contributed by atoms with Crippen LogP contribution in [0.15, 0.2) is 12.7 Å². The smallest absolute Gasteiger partial charge is 0.305 e. The molecule has 0 heterocycles. The van der Waals surface area contributed by atoms with E-state index in [0.717, 1.165) is 4.90 Å². The van der Waals surface area contributed by atoms with E-state index in [4.69, 9.17) is 5.11 Å². The maximum atomic E-state index is 11.7. The van der Waals surface area contributed by atoms with Crippen LogP contribution in [0.2, 0.25) is 0 Å². The average Bonchev–Trinajstić information content (AvgIpc) is 2.23.